The number of allylic oxidation sites excluding steroid dienone is 15. The van der Waals surface area contributed by atoms with Gasteiger partial charge in [0.05, 0.1) is 39.9 Å². The van der Waals surface area contributed by atoms with E-state index in [2.05, 4.69) is 104 Å². The molecule has 3 N–H and O–H groups in total. The minimum absolute atomic E-state index is 0.0554. The van der Waals surface area contributed by atoms with E-state index < -0.39 is 20.0 Å². The Labute approximate surface area is 534 Å². The Morgan fingerprint density at radius 2 is 0.709 bits per heavy atom. The number of unbranched alkanes of at least 4 members (excludes halogenated alkanes) is 40. The van der Waals surface area contributed by atoms with Crippen molar-refractivity contribution >= 4 is 13.7 Å². The molecule has 500 valence electrons. The van der Waals surface area contributed by atoms with Gasteiger partial charge < -0.3 is 19.8 Å². The molecule has 3 atom stereocenters. The number of carbonyl (C=O) groups excluding carboxylic acids is 1. The Morgan fingerprint density at radius 3 is 1.07 bits per heavy atom. The largest absolute Gasteiger partial charge is 0.472 e. The summed E-state index contributed by atoms with van der Waals surface area (Å²) in [6.45, 7) is 4.72. The number of rotatable bonds is 67. The van der Waals surface area contributed by atoms with Gasteiger partial charge in [-0.2, -0.15) is 0 Å². The van der Waals surface area contributed by atoms with Crippen molar-refractivity contribution in [2.75, 3.05) is 40.9 Å². The van der Waals surface area contributed by atoms with E-state index in [1.807, 2.05) is 27.2 Å². The maximum Gasteiger partial charge on any atom is 0.472 e. The molecule has 0 aromatic heterocycles. The summed E-state index contributed by atoms with van der Waals surface area (Å²) in [5.41, 5.74) is 0. The third-order valence-electron chi connectivity index (χ3n) is 16.3. The number of hydrogen-bond acceptors (Lipinski definition) is 5. The van der Waals surface area contributed by atoms with Gasteiger partial charge in [0.1, 0.15) is 13.2 Å². The van der Waals surface area contributed by atoms with Crippen LogP contribution in [0, 0.1) is 0 Å². The average molecular weight is 1220 g/mol. The van der Waals surface area contributed by atoms with Crippen LogP contribution >= 0.6 is 7.82 Å². The standard InChI is InChI=1S/C77H141N2O6P/c1-6-8-10-12-14-16-18-20-22-24-26-28-30-31-32-33-34-35-36-37-38-39-40-41-42-43-44-45-46-47-49-51-53-55-57-59-61-63-65-67-69-71-77(81)78-75(74-85-86(82,83)84-73-72-79(3,4)5)76(80)70-68-66-64-62-60-58-56-54-52-50-48-29-27-25-23-21-19-17-15-13-11-9-7-2/h8,10,14,16,20,22,26,28,31-32,34-35,60,62,68,70,75-76,80H,6-7,9,11-13,15,17-19,21,23-25,27,29-30,33,36-59,61,63-67,69,71-74H2,1-5H3,(H-,78,81,82,83)/p+1/b10-8-,16-14-,22-20-,28-26-,32-31-,35-34-,62-60+,70-68+. The topological polar surface area (TPSA) is 105 Å². The number of phosphoric ester groups is 1. The van der Waals surface area contributed by atoms with Gasteiger partial charge in [-0.25, -0.2) is 4.57 Å². The molecular weight excluding hydrogens is 1080 g/mol. The highest BCUT2D eigenvalue weighted by atomic mass is 31.2. The minimum Gasteiger partial charge on any atom is -0.387 e. The molecule has 0 aliphatic rings. The zero-order chi connectivity index (χ0) is 62.6. The molecule has 3 unspecified atom stereocenters. The number of quaternary nitrogens is 1. The van der Waals surface area contributed by atoms with Crippen molar-refractivity contribution in [1.82, 2.24) is 5.32 Å². The zero-order valence-electron chi connectivity index (χ0n) is 57.3. The van der Waals surface area contributed by atoms with E-state index in [1.54, 1.807) is 6.08 Å². The fourth-order valence-corrected chi connectivity index (χ4v) is 11.4. The van der Waals surface area contributed by atoms with Crippen molar-refractivity contribution in [3.8, 4) is 0 Å². The lowest BCUT2D eigenvalue weighted by molar-refractivity contribution is -0.870. The Balaban J connectivity index is 3.99. The van der Waals surface area contributed by atoms with Crippen LogP contribution in [0.3, 0.4) is 0 Å². The number of amides is 1. The molecule has 0 aliphatic carbocycles. The lowest BCUT2D eigenvalue weighted by Crippen LogP contribution is -2.45. The first-order chi connectivity index (χ1) is 42.0. The normalized spacial score (nSPS) is 14.2. The van der Waals surface area contributed by atoms with Gasteiger partial charge in [0.25, 0.3) is 0 Å². The Kier molecular flexibility index (Phi) is 64.8. The third kappa shape index (κ3) is 68.9. The minimum atomic E-state index is -4.36. The van der Waals surface area contributed by atoms with Crippen molar-refractivity contribution in [2.24, 2.45) is 0 Å². The fraction of sp³-hybridized carbons (Fsp3) is 0.779. The molecule has 1 amide bonds. The lowest BCUT2D eigenvalue weighted by Gasteiger charge is -2.25. The van der Waals surface area contributed by atoms with E-state index in [9.17, 15) is 19.4 Å². The molecule has 0 spiro atoms. The highest BCUT2D eigenvalue weighted by molar-refractivity contribution is 7.47. The molecule has 0 saturated heterocycles. The maximum atomic E-state index is 13.1. The molecule has 0 aromatic carbocycles. The highest BCUT2D eigenvalue weighted by Gasteiger charge is 2.28. The number of phosphoric acid groups is 1. The van der Waals surface area contributed by atoms with Gasteiger partial charge in [0, 0.05) is 6.42 Å². The quantitative estimate of drug-likeness (QED) is 0.0243. The van der Waals surface area contributed by atoms with E-state index in [4.69, 9.17) is 9.05 Å². The predicted molar refractivity (Wildman–Crippen MR) is 378 cm³/mol. The van der Waals surface area contributed by atoms with Crippen LogP contribution in [0.4, 0.5) is 0 Å². The molecule has 0 radical (unpaired) electrons. The number of nitrogens with one attached hydrogen (secondary N) is 1. The predicted octanol–water partition coefficient (Wildman–Crippen LogP) is 23.7. The summed E-state index contributed by atoms with van der Waals surface area (Å²) in [6.07, 6.45) is 97.2. The van der Waals surface area contributed by atoms with Crippen molar-refractivity contribution in [2.45, 2.75) is 347 Å². The second-order valence-corrected chi connectivity index (χ2v) is 27.4. The van der Waals surface area contributed by atoms with Gasteiger partial charge in [-0.1, -0.05) is 342 Å². The number of hydrogen-bond donors (Lipinski definition) is 3. The summed E-state index contributed by atoms with van der Waals surface area (Å²) in [4.78, 5) is 23.4. The first-order valence-electron chi connectivity index (χ1n) is 36.6. The Hall–Kier alpha value is -2.58. The zero-order valence-corrected chi connectivity index (χ0v) is 58.2. The first-order valence-corrected chi connectivity index (χ1v) is 38.1. The smallest absolute Gasteiger partial charge is 0.387 e. The monoisotopic (exact) mass is 1220 g/mol. The van der Waals surface area contributed by atoms with Crippen molar-refractivity contribution in [3.05, 3.63) is 97.2 Å². The summed E-state index contributed by atoms with van der Waals surface area (Å²) < 4.78 is 23.8. The second kappa shape index (κ2) is 66.8. The van der Waals surface area contributed by atoms with Crippen LogP contribution in [-0.2, 0) is 18.4 Å². The number of carbonyl (C=O) groups is 1. The second-order valence-electron chi connectivity index (χ2n) is 25.9. The molecule has 0 saturated carbocycles. The van der Waals surface area contributed by atoms with Crippen LogP contribution in [0.5, 0.6) is 0 Å². The van der Waals surface area contributed by atoms with E-state index in [1.165, 1.54) is 238 Å². The van der Waals surface area contributed by atoms with E-state index >= 15 is 0 Å². The third-order valence-corrected chi connectivity index (χ3v) is 17.3. The molecule has 8 nitrogen and oxygen atoms in total. The lowest BCUT2D eigenvalue weighted by atomic mass is 10.0. The van der Waals surface area contributed by atoms with Gasteiger partial charge in [0.15, 0.2) is 0 Å². The molecule has 0 heterocycles. The van der Waals surface area contributed by atoms with Gasteiger partial charge in [-0.15, -0.1) is 0 Å². The van der Waals surface area contributed by atoms with Gasteiger partial charge >= 0.3 is 7.82 Å². The summed E-state index contributed by atoms with van der Waals surface area (Å²) in [5.74, 6) is -0.183. The molecule has 0 bridgehead atoms. The highest BCUT2D eigenvalue weighted by Crippen LogP contribution is 2.43. The van der Waals surface area contributed by atoms with E-state index in [0.717, 1.165) is 77.0 Å². The van der Waals surface area contributed by atoms with Crippen molar-refractivity contribution in [3.63, 3.8) is 0 Å². The van der Waals surface area contributed by atoms with Gasteiger partial charge in [-0.3, -0.25) is 13.8 Å². The van der Waals surface area contributed by atoms with Crippen LogP contribution < -0.4 is 5.32 Å². The molecule has 0 aliphatic heterocycles. The van der Waals surface area contributed by atoms with Crippen LogP contribution in [0.15, 0.2) is 97.2 Å². The van der Waals surface area contributed by atoms with Gasteiger partial charge in [-0.05, 0) is 83.5 Å². The number of aliphatic hydroxyl groups is 1. The average Bonchev–Trinajstić information content (AvgIpc) is 3.70. The van der Waals surface area contributed by atoms with E-state index in [0.29, 0.717) is 17.4 Å². The number of likely N-dealkylation sites (N-methyl/N-ethyl adjacent to an activating group) is 1. The summed E-state index contributed by atoms with van der Waals surface area (Å²) in [6, 6.07) is -0.867. The fourth-order valence-electron chi connectivity index (χ4n) is 10.7. The molecule has 86 heavy (non-hydrogen) atoms. The molecule has 0 aromatic rings. The SMILES string of the molecule is CC/C=C\C/C=C\C/C=C\C/C=C\C/C=C\C/C=C\CCCCCCCCCCCCCCCCCCCCCCCCC(=O)NC(COP(=O)(O)OCC[N+](C)(C)C)C(O)/C=C/CC/C=C/CCCCCCCCCCCCCCCCCCC. The molecule has 9 heteroatoms. The van der Waals surface area contributed by atoms with E-state index in [-0.39, 0.29) is 19.1 Å². The Bertz CT molecular complexity index is 1730. The van der Waals surface area contributed by atoms with Crippen LogP contribution in [0.1, 0.15) is 335 Å². The van der Waals surface area contributed by atoms with Crippen LogP contribution in [0.25, 0.3) is 0 Å². The Morgan fingerprint density at radius 1 is 0.407 bits per heavy atom. The van der Waals surface area contributed by atoms with Crippen LogP contribution in [-0.4, -0.2) is 73.4 Å². The molecule has 0 rings (SSSR count). The summed E-state index contributed by atoms with van der Waals surface area (Å²) in [5, 5.41) is 14.0. The van der Waals surface area contributed by atoms with Crippen molar-refractivity contribution in [1.29, 1.82) is 0 Å². The van der Waals surface area contributed by atoms with Gasteiger partial charge in [0.2, 0.25) is 5.91 Å². The molecule has 0 fully saturated rings. The van der Waals surface area contributed by atoms with Crippen LogP contribution in [0.2, 0.25) is 0 Å². The first kappa shape index (κ1) is 83.4. The number of nitrogens with zero attached hydrogens (tertiary/aromatic N) is 1. The number of aliphatic hydroxyl groups excluding tert-OH is 1. The maximum absolute atomic E-state index is 13.1. The summed E-state index contributed by atoms with van der Waals surface area (Å²) >= 11 is 0. The van der Waals surface area contributed by atoms with Crippen molar-refractivity contribution < 1.29 is 32.9 Å². The summed E-state index contributed by atoms with van der Waals surface area (Å²) in [7, 11) is 1.56. The molecular formula is C77H142N2O6P+.